The molecule has 0 unspecified atom stereocenters. The summed E-state index contributed by atoms with van der Waals surface area (Å²) in [6.45, 7) is 4.96. The van der Waals surface area contributed by atoms with E-state index in [9.17, 15) is 18.0 Å². The van der Waals surface area contributed by atoms with Crippen LogP contribution in [-0.2, 0) is 4.79 Å². The zero-order valence-corrected chi connectivity index (χ0v) is 8.12. The summed E-state index contributed by atoms with van der Waals surface area (Å²) in [5, 5.41) is 1.93. The minimum Gasteiger partial charge on any atom is -0.342 e. The molecule has 0 saturated heterocycles. The average Bonchev–Trinajstić information content (AvgIpc) is 1.83. The predicted octanol–water partition coefficient (Wildman–Crippen LogP) is 2.10. The summed E-state index contributed by atoms with van der Waals surface area (Å²) < 4.78 is 36.7. The van der Waals surface area contributed by atoms with Crippen LogP contribution in [0.1, 0.15) is 27.7 Å². The van der Waals surface area contributed by atoms with E-state index in [0.717, 1.165) is 13.8 Å². The second-order valence-corrected chi connectivity index (χ2v) is 3.77. The molecule has 0 atom stereocenters. The van der Waals surface area contributed by atoms with Gasteiger partial charge in [0.1, 0.15) is 5.54 Å². The largest absolute Gasteiger partial charge is 0.410 e. The van der Waals surface area contributed by atoms with E-state index in [2.05, 4.69) is 0 Å². The Morgan fingerprint density at radius 2 is 1.62 bits per heavy atom. The van der Waals surface area contributed by atoms with Crippen LogP contribution in [0.25, 0.3) is 0 Å². The fourth-order valence-electron chi connectivity index (χ4n) is 0.523. The highest BCUT2D eigenvalue weighted by atomic mass is 19.4. The van der Waals surface area contributed by atoms with Crippen molar-refractivity contribution in [3.63, 3.8) is 0 Å². The van der Waals surface area contributed by atoms with Gasteiger partial charge in [0.2, 0.25) is 5.91 Å². The average molecular weight is 197 g/mol. The zero-order chi connectivity index (χ0) is 10.9. The molecule has 0 saturated carbocycles. The van der Waals surface area contributed by atoms with Crippen LogP contribution in [0.3, 0.4) is 0 Å². The molecule has 0 aromatic carbocycles. The van der Waals surface area contributed by atoms with Gasteiger partial charge >= 0.3 is 6.18 Å². The Hall–Kier alpha value is -0.740. The van der Waals surface area contributed by atoms with E-state index in [-0.39, 0.29) is 0 Å². The molecule has 0 heterocycles. The van der Waals surface area contributed by atoms with E-state index in [4.69, 9.17) is 0 Å². The van der Waals surface area contributed by atoms with Gasteiger partial charge in [0, 0.05) is 5.92 Å². The molecule has 0 spiro atoms. The Bertz CT molecular complexity index is 196. The number of carbonyl (C=O) groups is 1. The van der Waals surface area contributed by atoms with Crippen molar-refractivity contribution in [1.82, 2.24) is 5.32 Å². The van der Waals surface area contributed by atoms with E-state index in [0.29, 0.717) is 0 Å². The highest BCUT2D eigenvalue weighted by Gasteiger charge is 2.48. The minimum atomic E-state index is -4.42. The van der Waals surface area contributed by atoms with Crippen molar-refractivity contribution in [2.45, 2.75) is 39.4 Å². The highest BCUT2D eigenvalue weighted by Crippen LogP contribution is 2.29. The Morgan fingerprint density at radius 3 is 1.85 bits per heavy atom. The molecule has 0 bridgehead atoms. The SMILES string of the molecule is CC(C)C(=O)NC(C)(C)C(F)(F)F. The molecule has 0 aromatic rings. The number of nitrogens with one attached hydrogen (secondary N) is 1. The van der Waals surface area contributed by atoms with Crippen molar-refractivity contribution in [3.8, 4) is 0 Å². The van der Waals surface area contributed by atoms with Gasteiger partial charge in [-0.2, -0.15) is 13.2 Å². The summed E-state index contributed by atoms with van der Waals surface area (Å²) in [4.78, 5) is 11.0. The van der Waals surface area contributed by atoms with Gasteiger partial charge in [-0.3, -0.25) is 4.79 Å². The van der Waals surface area contributed by atoms with Crippen LogP contribution >= 0.6 is 0 Å². The van der Waals surface area contributed by atoms with Crippen molar-refractivity contribution >= 4 is 5.91 Å². The van der Waals surface area contributed by atoms with Crippen LogP contribution in [0, 0.1) is 5.92 Å². The standard InChI is InChI=1S/C8H14F3NO/c1-5(2)6(13)12-7(3,4)8(9,10)11/h5H,1-4H3,(H,12,13). The van der Waals surface area contributed by atoms with Crippen LogP contribution < -0.4 is 5.32 Å². The van der Waals surface area contributed by atoms with Crippen molar-refractivity contribution in [2.24, 2.45) is 5.92 Å². The lowest BCUT2D eigenvalue weighted by molar-refractivity contribution is -0.189. The maximum atomic E-state index is 12.2. The van der Waals surface area contributed by atoms with Gasteiger partial charge in [-0.25, -0.2) is 0 Å². The topological polar surface area (TPSA) is 29.1 Å². The number of alkyl halides is 3. The molecule has 1 amide bonds. The lowest BCUT2D eigenvalue weighted by Gasteiger charge is -2.29. The van der Waals surface area contributed by atoms with Crippen molar-refractivity contribution < 1.29 is 18.0 Å². The number of hydrogen-bond acceptors (Lipinski definition) is 1. The number of rotatable bonds is 2. The number of hydrogen-bond donors (Lipinski definition) is 1. The lowest BCUT2D eigenvalue weighted by Crippen LogP contribution is -2.55. The minimum absolute atomic E-state index is 0.443. The summed E-state index contributed by atoms with van der Waals surface area (Å²) in [5.74, 6) is -1.04. The van der Waals surface area contributed by atoms with Gasteiger partial charge in [-0.05, 0) is 13.8 Å². The zero-order valence-electron chi connectivity index (χ0n) is 8.12. The summed E-state index contributed by atoms with van der Waals surface area (Å²) in [7, 11) is 0. The summed E-state index contributed by atoms with van der Waals surface area (Å²) in [6.07, 6.45) is -4.42. The fourth-order valence-corrected chi connectivity index (χ4v) is 0.523. The van der Waals surface area contributed by atoms with E-state index in [1.54, 1.807) is 13.8 Å². The van der Waals surface area contributed by atoms with E-state index >= 15 is 0 Å². The number of halogens is 3. The third-order valence-electron chi connectivity index (χ3n) is 1.67. The smallest absolute Gasteiger partial charge is 0.342 e. The van der Waals surface area contributed by atoms with Crippen LogP contribution in [0.2, 0.25) is 0 Å². The van der Waals surface area contributed by atoms with Gasteiger partial charge in [-0.1, -0.05) is 13.8 Å². The maximum Gasteiger partial charge on any atom is 0.410 e. The first-order chi connectivity index (χ1) is 5.58. The van der Waals surface area contributed by atoms with E-state index in [1.807, 2.05) is 5.32 Å². The number of carbonyl (C=O) groups excluding carboxylic acids is 1. The van der Waals surface area contributed by atoms with Crippen LogP contribution in [0.4, 0.5) is 13.2 Å². The molecule has 5 heteroatoms. The first-order valence-electron chi connectivity index (χ1n) is 3.96. The molecule has 0 aliphatic rings. The maximum absolute atomic E-state index is 12.2. The third-order valence-corrected chi connectivity index (χ3v) is 1.67. The second kappa shape index (κ2) is 3.55. The Morgan fingerprint density at radius 1 is 1.23 bits per heavy atom. The summed E-state index contributed by atoms with van der Waals surface area (Å²) in [6, 6.07) is 0. The first kappa shape index (κ1) is 12.3. The lowest BCUT2D eigenvalue weighted by atomic mass is 10.0. The van der Waals surface area contributed by atoms with Gasteiger partial charge in [0.15, 0.2) is 0 Å². The Kier molecular flexibility index (Phi) is 3.35. The van der Waals surface area contributed by atoms with Gasteiger partial charge in [-0.15, -0.1) is 0 Å². The Labute approximate surface area is 75.5 Å². The Balaban J connectivity index is 4.44. The second-order valence-electron chi connectivity index (χ2n) is 3.77. The number of amides is 1. The van der Waals surface area contributed by atoms with E-state index in [1.165, 1.54) is 0 Å². The summed E-state index contributed by atoms with van der Waals surface area (Å²) in [5.41, 5.74) is -2.16. The molecule has 1 N–H and O–H groups in total. The van der Waals surface area contributed by atoms with Crippen molar-refractivity contribution in [2.75, 3.05) is 0 Å². The predicted molar refractivity (Wildman–Crippen MR) is 43.1 cm³/mol. The fraction of sp³-hybridized carbons (Fsp3) is 0.875. The van der Waals surface area contributed by atoms with Crippen molar-refractivity contribution in [1.29, 1.82) is 0 Å². The third kappa shape index (κ3) is 3.24. The van der Waals surface area contributed by atoms with Gasteiger partial charge in [0.05, 0.1) is 0 Å². The van der Waals surface area contributed by atoms with Crippen LogP contribution in [0.5, 0.6) is 0 Å². The molecule has 0 aliphatic heterocycles. The monoisotopic (exact) mass is 197 g/mol. The molecule has 0 fully saturated rings. The molecule has 0 rings (SSSR count). The van der Waals surface area contributed by atoms with Crippen LogP contribution in [-0.4, -0.2) is 17.6 Å². The first-order valence-corrected chi connectivity index (χ1v) is 3.96. The molecular formula is C8H14F3NO. The molecule has 0 radical (unpaired) electrons. The molecule has 0 aromatic heterocycles. The van der Waals surface area contributed by atoms with Crippen molar-refractivity contribution in [3.05, 3.63) is 0 Å². The van der Waals surface area contributed by atoms with Gasteiger partial charge in [0.25, 0.3) is 0 Å². The van der Waals surface area contributed by atoms with Crippen LogP contribution in [0.15, 0.2) is 0 Å². The summed E-state index contributed by atoms with van der Waals surface area (Å²) >= 11 is 0. The molecule has 2 nitrogen and oxygen atoms in total. The van der Waals surface area contributed by atoms with Gasteiger partial charge < -0.3 is 5.32 Å². The molecular weight excluding hydrogens is 183 g/mol. The molecule has 13 heavy (non-hydrogen) atoms. The highest BCUT2D eigenvalue weighted by molar-refractivity contribution is 5.78. The van der Waals surface area contributed by atoms with E-state index < -0.39 is 23.5 Å². The molecule has 0 aliphatic carbocycles. The molecule has 78 valence electrons. The normalized spacial score (nSPS) is 13.2. The quantitative estimate of drug-likeness (QED) is 0.721.